The van der Waals surface area contributed by atoms with Crippen molar-refractivity contribution < 1.29 is 9.53 Å². The van der Waals surface area contributed by atoms with E-state index in [-0.39, 0.29) is 5.91 Å². The summed E-state index contributed by atoms with van der Waals surface area (Å²) in [5, 5.41) is 3.01. The standard InChI is InChI=1S/C22H29NO2S/c1-4-25-21-10-6-5-8-20(21)9-7-11-23-22(24)16-26-15-19-13-17(2)12-18(3)14-19/h5-6,8,10,12-14H,4,7,9,11,15-16H2,1-3H3,(H,23,24). The van der Waals surface area contributed by atoms with Crippen molar-refractivity contribution in [3.05, 3.63) is 64.7 Å². The van der Waals surface area contributed by atoms with Gasteiger partial charge in [0.15, 0.2) is 0 Å². The highest BCUT2D eigenvalue weighted by atomic mass is 32.2. The van der Waals surface area contributed by atoms with E-state index >= 15 is 0 Å². The number of hydrogen-bond donors (Lipinski definition) is 1. The number of hydrogen-bond acceptors (Lipinski definition) is 3. The zero-order valence-electron chi connectivity index (χ0n) is 16.0. The highest BCUT2D eigenvalue weighted by molar-refractivity contribution is 7.99. The lowest BCUT2D eigenvalue weighted by molar-refractivity contribution is -0.118. The summed E-state index contributed by atoms with van der Waals surface area (Å²) < 4.78 is 5.64. The minimum Gasteiger partial charge on any atom is -0.494 e. The van der Waals surface area contributed by atoms with Crippen molar-refractivity contribution in [1.82, 2.24) is 5.32 Å². The molecule has 0 unspecified atom stereocenters. The average Bonchev–Trinajstić information content (AvgIpc) is 2.59. The third kappa shape index (κ3) is 7.12. The number of benzene rings is 2. The molecule has 0 spiro atoms. The van der Waals surface area contributed by atoms with Crippen LogP contribution in [0.4, 0.5) is 0 Å². The number of nitrogens with one attached hydrogen (secondary N) is 1. The summed E-state index contributed by atoms with van der Waals surface area (Å²) in [7, 11) is 0. The van der Waals surface area contributed by atoms with Crippen LogP contribution in [0.5, 0.6) is 5.75 Å². The first-order valence-electron chi connectivity index (χ1n) is 9.20. The molecule has 0 radical (unpaired) electrons. The Kier molecular flexibility index (Phi) is 8.56. The molecule has 0 aliphatic rings. The van der Waals surface area contributed by atoms with Gasteiger partial charge in [0, 0.05) is 12.3 Å². The molecule has 4 heteroatoms. The molecule has 0 aromatic heterocycles. The molecular weight excluding hydrogens is 342 g/mol. The number of ether oxygens (including phenoxy) is 1. The predicted octanol–water partition coefficient (Wildman–Crippen LogP) is 4.68. The van der Waals surface area contributed by atoms with Gasteiger partial charge in [-0.15, -0.1) is 11.8 Å². The second-order valence-electron chi connectivity index (χ2n) is 6.48. The van der Waals surface area contributed by atoms with Gasteiger partial charge in [-0.25, -0.2) is 0 Å². The van der Waals surface area contributed by atoms with Crippen LogP contribution >= 0.6 is 11.8 Å². The molecule has 2 aromatic carbocycles. The highest BCUT2D eigenvalue weighted by Gasteiger charge is 2.05. The molecule has 2 rings (SSSR count). The molecule has 2 aromatic rings. The SMILES string of the molecule is CCOc1ccccc1CCCNC(=O)CSCc1cc(C)cc(C)c1. The summed E-state index contributed by atoms with van der Waals surface area (Å²) >= 11 is 1.66. The van der Waals surface area contributed by atoms with E-state index < -0.39 is 0 Å². The van der Waals surface area contributed by atoms with Gasteiger partial charge >= 0.3 is 0 Å². The fourth-order valence-electron chi connectivity index (χ4n) is 2.98. The van der Waals surface area contributed by atoms with Gasteiger partial charge in [-0.3, -0.25) is 4.79 Å². The molecule has 0 aliphatic carbocycles. The maximum absolute atomic E-state index is 12.0. The van der Waals surface area contributed by atoms with E-state index in [4.69, 9.17) is 4.74 Å². The maximum Gasteiger partial charge on any atom is 0.230 e. The lowest BCUT2D eigenvalue weighted by atomic mass is 10.1. The van der Waals surface area contributed by atoms with Crippen molar-refractivity contribution in [2.45, 2.75) is 39.4 Å². The lowest BCUT2D eigenvalue weighted by Crippen LogP contribution is -2.26. The van der Waals surface area contributed by atoms with Gasteiger partial charge in [0.05, 0.1) is 12.4 Å². The second-order valence-corrected chi connectivity index (χ2v) is 7.47. The first-order chi connectivity index (χ1) is 12.6. The monoisotopic (exact) mass is 371 g/mol. The van der Waals surface area contributed by atoms with Gasteiger partial charge in [0.25, 0.3) is 0 Å². The van der Waals surface area contributed by atoms with E-state index in [1.54, 1.807) is 11.8 Å². The lowest BCUT2D eigenvalue weighted by Gasteiger charge is -2.10. The highest BCUT2D eigenvalue weighted by Crippen LogP contribution is 2.19. The Bertz CT molecular complexity index is 695. The third-order valence-electron chi connectivity index (χ3n) is 4.00. The van der Waals surface area contributed by atoms with E-state index in [9.17, 15) is 4.79 Å². The van der Waals surface area contributed by atoms with Crippen LogP contribution in [0.25, 0.3) is 0 Å². The molecule has 0 saturated carbocycles. The second kappa shape index (κ2) is 10.9. The number of amides is 1. The largest absolute Gasteiger partial charge is 0.494 e. The minimum atomic E-state index is 0.109. The summed E-state index contributed by atoms with van der Waals surface area (Å²) in [6.45, 7) is 7.58. The molecule has 3 nitrogen and oxygen atoms in total. The van der Waals surface area contributed by atoms with E-state index in [1.165, 1.54) is 22.3 Å². The van der Waals surface area contributed by atoms with Crippen molar-refractivity contribution in [3.8, 4) is 5.75 Å². The van der Waals surface area contributed by atoms with Crippen LogP contribution in [0.2, 0.25) is 0 Å². The summed E-state index contributed by atoms with van der Waals surface area (Å²) in [6.07, 6.45) is 1.82. The quantitative estimate of drug-likeness (QED) is 0.616. The molecule has 1 amide bonds. The molecule has 0 bridgehead atoms. The normalized spacial score (nSPS) is 10.6. The zero-order valence-corrected chi connectivity index (χ0v) is 16.8. The summed E-state index contributed by atoms with van der Waals surface area (Å²) in [5.41, 5.74) is 5.04. The van der Waals surface area contributed by atoms with Gasteiger partial charge in [0.2, 0.25) is 5.91 Å². The molecular formula is C22H29NO2S. The minimum absolute atomic E-state index is 0.109. The molecule has 1 N–H and O–H groups in total. The first kappa shape index (κ1) is 20.4. The number of aryl methyl sites for hydroxylation is 3. The van der Waals surface area contributed by atoms with Crippen LogP contribution in [-0.2, 0) is 17.0 Å². The van der Waals surface area contributed by atoms with Crippen molar-refractivity contribution in [2.75, 3.05) is 18.9 Å². The zero-order chi connectivity index (χ0) is 18.8. The Balaban J connectivity index is 1.65. The van der Waals surface area contributed by atoms with E-state index in [0.717, 1.165) is 24.3 Å². The summed E-state index contributed by atoms with van der Waals surface area (Å²) in [5.74, 6) is 2.43. The van der Waals surface area contributed by atoms with Crippen LogP contribution in [0.15, 0.2) is 42.5 Å². The Morgan fingerprint density at radius 1 is 1.12 bits per heavy atom. The van der Waals surface area contributed by atoms with Crippen molar-refractivity contribution in [3.63, 3.8) is 0 Å². The first-order valence-corrected chi connectivity index (χ1v) is 10.4. The van der Waals surface area contributed by atoms with Gasteiger partial charge in [-0.05, 0) is 50.8 Å². The van der Waals surface area contributed by atoms with Gasteiger partial charge in [0.1, 0.15) is 5.75 Å². The van der Waals surface area contributed by atoms with Gasteiger partial charge < -0.3 is 10.1 Å². The van der Waals surface area contributed by atoms with Crippen molar-refractivity contribution in [1.29, 1.82) is 0 Å². The van der Waals surface area contributed by atoms with Crippen molar-refractivity contribution >= 4 is 17.7 Å². The Labute approximate surface area is 161 Å². The molecule has 0 atom stereocenters. The number of rotatable bonds is 10. The van der Waals surface area contributed by atoms with Crippen LogP contribution in [0.1, 0.15) is 35.6 Å². The predicted molar refractivity (Wildman–Crippen MR) is 111 cm³/mol. The van der Waals surface area contributed by atoms with Crippen LogP contribution in [-0.4, -0.2) is 24.8 Å². The number of para-hydroxylation sites is 1. The Morgan fingerprint density at radius 2 is 1.85 bits per heavy atom. The number of carbonyl (C=O) groups excluding carboxylic acids is 1. The number of carbonyl (C=O) groups is 1. The molecule has 140 valence electrons. The average molecular weight is 372 g/mol. The fraction of sp³-hybridized carbons (Fsp3) is 0.409. The molecule has 0 heterocycles. The van der Waals surface area contributed by atoms with E-state index in [0.29, 0.717) is 18.9 Å². The summed E-state index contributed by atoms with van der Waals surface area (Å²) in [6, 6.07) is 14.7. The fourth-order valence-corrected chi connectivity index (χ4v) is 3.77. The molecule has 0 saturated heterocycles. The van der Waals surface area contributed by atoms with E-state index in [1.807, 2.05) is 25.1 Å². The van der Waals surface area contributed by atoms with Gasteiger partial charge in [-0.2, -0.15) is 0 Å². The number of thioether (sulfide) groups is 1. The van der Waals surface area contributed by atoms with Crippen LogP contribution in [0.3, 0.4) is 0 Å². The molecule has 0 aliphatic heterocycles. The van der Waals surface area contributed by atoms with E-state index in [2.05, 4.69) is 43.4 Å². The molecule has 0 fully saturated rings. The topological polar surface area (TPSA) is 38.3 Å². The Morgan fingerprint density at radius 3 is 2.58 bits per heavy atom. The van der Waals surface area contributed by atoms with Crippen LogP contribution < -0.4 is 10.1 Å². The van der Waals surface area contributed by atoms with Gasteiger partial charge in [-0.1, -0.05) is 47.5 Å². The summed E-state index contributed by atoms with van der Waals surface area (Å²) in [4.78, 5) is 12.0. The smallest absolute Gasteiger partial charge is 0.230 e. The maximum atomic E-state index is 12.0. The molecule has 26 heavy (non-hydrogen) atoms. The van der Waals surface area contributed by atoms with Crippen molar-refractivity contribution in [2.24, 2.45) is 0 Å². The van der Waals surface area contributed by atoms with Crippen LogP contribution in [0, 0.1) is 13.8 Å². The Hall–Kier alpha value is -1.94. The third-order valence-corrected chi connectivity index (χ3v) is 5.00.